The standard InChI is InChI=1S/C23H28N2O2/c1-17(2)13-14-24-22(26)21-16-25(23(27)19-11-7-4-8-12-19)15-20(21)18-9-5-3-6-10-18/h3-12,17,20-21H,13-16H2,1-2H3,(H,24,26)/t20-,21-/m0/s1. The van der Waals surface area contributed by atoms with E-state index in [4.69, 9.17) is 0 Å². The number of carbonyl (C=O) groups excluding carboxylic acids is 2. The Kier molecular flexibility index (Phi) is 6.28. The van der Waals surface area contributed by atoms with Crippen molar-refractivity contribution in [3.05, 3.63) is 71.8 Å². The number of hydrogen-bond acceptors (Lipinski definition) is 2. The molecule has 142 valence electrons. The van der Waals surface area contributed by atoms with E-state index in [0.717, 1.165) is 12.0 Å². The lowest BCUT2D eigenvalue weighted by atomic mass is 9.88. The first-order valence-electron chi connectivity index (χ1n) is 9.73. The number of amides is 2. The van der Waals surface area contributed by atoms with E-state index in [-0.39, 0.29) is 23.7 Å². The zero-order valence-electron chi connectivity index (χ0n) is 16.1. The molecule has 0 aliphatic carbocycles. The van der Waals surface area contributed by atoms with Gasteiger partial charge in [0, 0.05) is 31.1 Å². The molecule has 2 atom stereocenters. The normalized spacial score (nSPS) is 19.3. The monoisotopic (exact) mass is 364 g/mol. The number of likely N-dealkylation sites (tertiary alicyclic amines) is 1. The second-order valence-corrected chi connectivity index (χ2v) is 7.67. The Morgan fingerprint density at radius 3 is 2.26 bits per heavy atom. The molecule has 0 unspecified atom stereocenters. The molecule has 0 aromatic heterocycles. The Bertz CT molecular complexity index is 758. The predicted molar refractivity (Wildman–Crippen MR) is 107 cm³/mol. The van der Waals surface area contributed by atoms with Crippen LogP contribution in [0.1, 0.15) is 42.1 Å². The van der Waals surface area contributed by atoms with Crippen LogP contribution in [0, 0.1) is 11.8 Å². The van der Waals surface area contributed by atoms with Crippen LogP contribution in [0.4, 0.5) is 0 Å². The fraction of sp³-hybridized carbons (Fsp3) is 0.391. The van der Waals surface area contributed by atoms with Crippen LogP contribution in [-0.2, 0) is 4.79 Å². The highest BCUT2D eigenvalue weighted by atomic mass is 16.2. The van der Waals surface area contributed by atoms with Gasteiger partial charge in [-0.3, -0.25) is 9.59 Å². The van der Waals surface area contributed by atoms with Crippen molar-refractivity contribution in [1.29, 1.82) is 0 Å². The van der Waals surface area contributed by atoms with E-state index >= 15 is 0 Å². The van der Waals surface area contributed by atoms with Crippen LogP contribution in [0.15, 0.2) is 60.7 Å². The third kappa shape index (κ3) is 4.76. The SMILES string of the molecule is CC(C)CCNC(=O)[C@H]1CN(C(=O)c2ccccc2)C[C@H]1c1ccccc1. The molecular formula is C23H28N2O2. The van der Waals surface area contributed by atoms with Crippen LogP contribution in [0.25, 0.3) is 0 Å². The fourth-order valence-corrected chi connectivity index (χ4v) is 3.65. The van der Waals surface area contributed by atoms with Crippen LogP contribution in [0.5, 0.6) is 0 Å². The van der Waals surface area contributed by atoms with Crippen molar-refractivity contribution >= 4 is 11.8 Å². The molecule has 1 saturated heterocycles. The van der Waals surface area contributed by atoms with Gasteiger partial charge in [-0.2, -0.15) is 0 Å². The van der Waals surface area contributed by atoms with Crippen molar-refractivity contribution in [2.75, 3.05) is 19.6 Å². The highest BCUT2D eigenvalue weighted by Gasteiger charge is 2.40. The minimum absolute atomic E-state index is 0.00554. The largest absolute Gasteiger partial charge is 0.356 e. The summed E-state index contributed by atoms with van der Waals surface area (Å²) in [5.74, 6) is 0.405. The van der Waals surface area contributed by atoms with Gasteiger partial charge in [0.15, 0.2) is 0 Å². The zero-order chi connectivity index (χ0) is 19.2. The van der Waals surface area contributed by atoms with Gasteiger partial charge in [-0.1, -0.05) is 62.4 Å². The van der Waals surface area contributed by atoms with Crippen molar-refractivity contribution in [3.63, 3.8) is 0 Å². The number of nitrogens with one attached hydrogen (secondary N) is 1. The lowest BCUT2D eigenvalue weighted by Gasteiger charge is -2.18. The minimum atomic E-state index is -0.216. The topological polar surface area (TPSA) is 49.4 Å². The van der Waals surface area contributed by atoms with Gasteiger partial charge >= 0.3 is 0 Å². The molecule has 1 heterocycles. The van der Waals surface area contributed by atoms with Crippen LogP contribution in [-0.4, -0.2) is 36.3 Å². The molecule has 0 radical (unpaired) electrons. The Hall–Kier alpha value is -2.62. The number of nitrogens with zero attached hydrogens (tertiary/aromatic N) is 1. The first-order valence-corrected chi connectivity index (χ1v) is 9.73. The summed E-state index contributed by atoms with van der Waals surface area (Å²) in [6.45, 7) is 6.01. The number of hydrogen-bond donors (Lipinski definition) is 1. The summed E-state index contributed by atoms with van der Waals surface area (Å²) in [4.78, 5) is 27.6. The lowest BCUT2D eigenvalue weighted by Crippen LogP contribution is -2.36. The van der Waals surface area contributed by atoms with Crippen LogP contribution in [0.2, 0.25) is 0 Å². The van der Waals surface area contributed by atoms with E-state index < -0.39 is 0 Å². The maximum atomic E-state index is 12.9. The van der Waals surface area contributed by atoms with Gasteiger partial charge in [-0.25, -0.2) is 0 Å². The van der Waals surface area contributed by atoms with E-state index in [0.29, 0.717) is 31.1 Å². The summed E-state index contributed by atoms with van der Waals surface area (Å²) in [7, 11) is 0. The van der Waals surface area contributed by atoms with Gasteiger partial charge in [0.25, 0.3) is 5.91 Å². The Morgan fingerprint density at radius 1 is 1.00 bits per heavy atom. The molecule has 4 heteroatoms. The maximum Gasteiger partial charge on any atom is 0.253 e. The Labute approximate surface area is 161 Å². The van der Waals surface area contributed by atoms with Gasteiger partial charge in [-0.05, 0) is 30.0 Å². The van der Waals surface area contributed by atoms with Crippen LogP contribution in [0.3, 0.4) is 0 Å². The molecule has 1 fully saturated rings. The highest BCUT2D eigenvalue weighted by molar-refractivity contribution is 5.95. The fourth-order valence-electron chi connectivity index (χ4n) is 3.65. The van der Waals surface area contributed by atoms with Crippen LogP contribution < -0.4 is 5.32 Å². The molecule has 0 spiro atoms. The summed E-state index contributed by atoms with van der Waals surface area (Å²) in [6, 6.07) is 19.4. The average molecular weight is 364 g/mol. The summed E-state index contributed by atoms with van der Waals surface area (Å²) in [5, 5.41) is 3.08. The molecule has 0 saturated carbocycles. The molecule has 27 heavy (non-hydrogen) atoms. The number of benzene rings is 2. The van der Waals surface area contributed by atoms with E-state index in [1.54, 1.807) is 0 Å². The lowest BCUT2D eigenvalue weighted by molar-refractivity contribution is -0.124. The average Bonchev–Trinajstić information content (AvgIpc) is 3.14. The minimum Gasteiger partial charge on any atom is -0.356 e. The maximum absolute atomic E-state index is 12.9. The third-order valence-electron chi connectivity index (χ3n) is 5.21. The summed E-state index contributed by atoms with van der Waals surface area (Å²) in [6.07, 6.45) is 0.959. The van der Waals surface area contributed by atoms with Gasteiger partial charge in [-0.15, -0.1) is 0 Å². The smallest absolute Gasteiger partial charge is 0.253 e. The number of rotatable bonds is 6. The van der Waals surface area contributed by atoms with Gasteiger partial charge in [0.05, 0.1) is 5.92 Å². The second-order valence-electron chi connectivity index (χ2n) is 7.67. The Balaban J connectivity index is 1.76. The van der Waals surface area contributed by atoms with Crippen molar-refractivity contribution in [3.8, 4) is 0 Å². The molecule has 2 aromatic rings. The summed E-state index contributed by atoms with van der Waals surface area (Å²) >= 11 is 0. The zero-order valence-corrected chi connectivity index (χ0v) is 16.1. The van der Waals surface area contributed by atoms with Crippen molar-refractivity contribution in [1.82, 2.24) is 10.2 Å². The predicted octanol–water partition coefficient (Wildman–Crippen LogP) is 3.70. The highest BCUT2D eigenvalue weighted by Crippen LogP contribution is 2.33. The molecule has 4 nitrogen and oxygen atoms in total. The quantitative estimate of drug-likeness (QED) is 0.850. The van der Waals surface area contributed by atoms with Gasteiger partial charge < -0.3 is 10.2 Å². The number of carbonyl (C=O) groups is 2. The van der Waals surface area contributed by atoms with Gasteiger partial charge in [0.1, 0.15) is 0 Å². The first kappa shape index (κ1) is 19.2. The van der Waals surface area contributed by atoms with E-state index in [9.17, 15) is 9.59 Å². The van der Waals surface area contributed by atoms with Crippen molar-refractivity contribution in [2.24, 2.45) is 11.8 Å². The van der Waals surface area contributed by atoms with E-state index in [1.165, 1.54) is 0 Å². The molecule has 1 aliphatic heterocycles. The summed E-state index contributed by atoms with van der Waals surface area (Å²) in [5.41, 5.74) is 1.79. The molecule has 2 aromatic carbocycles. The molecule has 2 amide bonds. The first-order chi connectivity index (χ1) is 13.1. The molecule has 1 N–H and O–H groups in total. The van der Waals surface area contributed by atoms with Crippen molar-refractivity contribution < 1.29 is 9.59 Å². The van der Waals surface area contributed by atoms with Crippen LogP contribution >= 0.6 is 0 Å². The molecule has 0 bridgehead atoms. The van der Waals surface area contributed by atoms with E-state index in [2.05, 4.69) is 31.3 Å². The van der Waals surface area contributed by atoms with Gasteiger partial charge in [0.2, 0.25) is 5.91 Å². The molecule has 1 aliphatic rings. The summed E-state index contributed by atoms with van der Waals surface area (Å²) < 4.78 is 0. The molecular weight excluding hydrogens is 336 g/mol. The van der Waals surface area contributed by atoms with Crippen molar-refractivity contribution in [2.45, 2.75) is 26.2 Å². The third-order valence-corrected chi connectivity index (χ3v) is 5.21. The molecule has 3 rings (SSSR count). The van der Waals surface area contributed by atoms with E-state index in [1.807, 2.05) is 53.4 Å². The Morgan fingerprint density at radius 2 is 1.63 bits per heavy atom. The second kappa shape index (κ2) is 8.85.